The van der Waals surface area contributed by atoms with Crippen LogP contribution in [-0.2, 0) is 11.3 Å². The Morgan fingerprint density at radius 3 is 2.96 bits per heavy atom. The third-order valence-corrected chi connectivity index (χ3v) is 6.08. The standard InChI is InChI=1S/C21H22N2O2S/c1-25-21(24)16-8-6-7-15(13-16)14-23-12-5-4-10-18(23)20-22-17-9-2-3-11-19(17)26-20/h2-3,6-9,11,13,18H,4-5,10,12,14H2,1H3/t18-/m1/s1. The van der Waals surface area contributed by atoms with Crippen LogP contribution >= 0.6 is 11.3 Å². The first-order chi connectivity index (χ1) is 12.7. The van der Waals surface area contributed by atoms with Crippen LogP contribution in [0.4, 0.5) is 0 Å². The average molecular weight is 366 g/mol. The number of hydrogen-bond acceptors (Lipinski definition) is 5. The molecule has 0 bridgehead atoms. The van der Waals surface area contributed by atoms with Gasteiger partial charge in [0.2, 0.25) is 0 Å². The van der Waals surface area contributed by atoms with Crippen molar-refractivity contribution in [3.05, 3.63) is 64.7 Å². The first-order valence-corrected chi connectivity index (χ1v) is 9.83. The fourth-order valence-electron chi connectivity index (χ4n) is 3.64. The minimum atomic E-state index is -0.284. The summed E-state index contributed by atoms with van der Waals surface area (Å²) in [6, 6.07) is 16.4. The van der Waals surface area contributed by atoms with Crippen molar-refractivity contribution in [3.8, 4) is 0 Å². The number of carbonyl (C=O) groups is 1. The Balaban J connectivity index is 1.59. The molecule has 26 heavy (non-hydrogen) atoms. The van der Waals surface area contributed by atoms with Crippen molar-refractivity contribution in [2.45, 2.75) is 31.8 Å². The fourth-order valence-corrected chi connectivity index (χ4v) is 4.78. The van der Waals surface area contributed by atoms with Crippen molar-refractivity contribution in [2.75, 3.05) is 13.7 Å². The second-order valence-electron chi connectivity index (χ2n) is 6.69. The number of piperidine rings is 1. The normalized spacial score (nSPS) is 18.1. The van der Waals surface area contributed by atoms with E-state index in [9.17, 15) is 4.79 Å². The third kappa shape index (κ3) is 3.50. The SMILES string of the molecule is COC(=O)c1cccc(CN2CCCC[C@@H]2c2nc3ccccc3s2)c1. The fraction of sp³-hybridized carbons (Fsp3) is 0.333. The number of nitrogens with zero attached hydrogens (tertiary/aromatic N) is 2. The molecule has 5 heteroatoms. The molecule has 1 aliphatic heterocycles. The van der Waals surface area contributed by atoms with E-state index in [-0.39, 0.29) is 5.97 Å². The maximum absolute atomic E-state index is 11.8. The second-order valence-corrected chi connectivity index (χ2v) is 7.76. The molecule has 0 spiro atoms. The van der Waals surface area contributed by atoms with E-state index in [1.54, 1.807) is 17.4 Å². The highest BCUT2D eigenvalue weighted by molar-refractivity contribution is 7.18. The zero-order chi connectivity index (χ0) is 17.9. The highest BCUT2D eigenvalue weighted by Gasteiger charge is 2.27. The summed E-state index contributed by atoms with van der Waals surface area (Å²) in [5.41, 5.74) is 2.84. The van der Waals surface area contributed by atoms with Crippen molar-refractivity contribution in [3.63, 3.8) is 0 Å². The van der Waals surface area contributed by atoms with E-state index in [0.29, 0.717) is 11.6 Å². The summed E-state index contributed by atoms with van der Waals surface area (Å²) in [5, 5.41) is 1.20. The summed E-state index contributed by atoms with van der Waals surface area (Å²) in [6.07, 6.45) is 3.58. The molecule has 2 heterocycles. The summed E-state index contributed by atoms with van der Waals surface area (Å²) >= 11 is 1.80. The molecule has 0 unspecified atom stereocenters. The smallest absolute Gasteiger partial charge is 0.337 e. The molecule has 1 atom stereocenters. The summed E-state index contributed by atoms with van der Waals surface area (Å²) < 4.78 is 6.10. The van der Waals surface area contributed by atoms with Crippen LogP contribution in [-0.4, -0.2) is 29.5 Å². The lowest BCUT2D eigenvalue weighted by Crippen LogP contribution is -2.32. The number of esters is 1. The maximum Gasteiger partial charge on any atom is 0.337 e. The number of thiazole rings is 1. The van der Waals surface area contributed by atoms with E-state index in [1.807, 2.05) is 18.2 Å². The molecule has 0 saturated carbocycles. The van der Waals surface area contributed by atoms with Gasteiger partial charge < -0.3 is 4.74 Å². The molecular weight excluding hydrogens is 344 g/mol. The Morgan fingerprint density at radius 2 is 2.12 bits per heavy atom. The predicted octanol–water partition coefficient (Wildman–Crippen LogP) is 4.81. The van der Waals surface area contributed by atoms with E-state index in [4.69, 9.17) is 9.72 Å². The average Bonchev–Trinajstić information content (AvgIpc) is 3.12. The van der Waals surface area contributed by atoms with Crippen molar-refractivity contribution in [1.82, 2.24) is 9.88 Å². The Bertz CT molecular complexity index is 888. The molecule has 4 nitrogen and oxygen atoms in total. The zero-order valence-electron chi connectivity index (χ0n) is 14.9. The van der Waals surface area contributed by atoms with Crippen LogP contribution in [0.25, 0.3) is 10.2 Å². The second kappa shape index (κ2) is 7.56. The Kier molecular flexibility index (Phi) is 5.00. The first-order valence-electron chi connectivity index (χ1n) is 9.01. The monoisotopic (exact) mass is 366 g/mol. The number of rotatable bonds is 4. The molecule has 4 rings (SSSR count). The van der Waals surface area contributed by atoms with Gasteiger partial charge in [0.25, 0.3) is 0 Å². The van der Waals surface area contributed by atoms with Crippen LogP contribution in [0.15, 0.2) is 48.5 Å². The van der Waals surface area contributed by atoms with Crippen molar-refractivity contribution in [2.24, 2.45) is 0 Å². The van der Waals surface area contributed by atoms with E-state index < -0.39 is 0 Å². The number of para-hydroxylation sites is 1. The van der Waals surface area contributed by atoms with E-state index >= 15 is 0 Å². The van der Waals surface area contributed by atoms with Gasteiger partial charge >= 0.3 is 5.97 Å². The van der Waals surface area contributed by atoms with Crippen molar-refractivity contribution < 1.29 is 9.53 Å². The number of carbonyl (C=O) groups excluding carboxylic acids is 1. The minimum absolute atomic E-state index is 0.284. The van der Waals surface area contributed by atoms with Gasteiger partial charge in [0.1, 0.15) is 5.01 Å². The summed E-state index contributed by atoms with van der Waals surface area (Å²) in [5.74, 6) is -0.284. The molecule has 1 saturated heterocycles. The lowest BCUT2D eigenvalue weighted by Gasteiger charge is -2.34. The Labute approximate surface area is 157 Å². The number of fused-ring (bicyclic) bond motifs is 1. The number of benzene rings is 2. The molecule has 1 aliphatic rings. The highest BCUT2D eigenvalue weighted by atomic mass is 32.1. The van der Waals surface area contributed by atoms with Gasteiger partial charge in [-0.1, -0.05) is 30.7 Å². The molecule has 1 fully saturated rings. The van der Waals surface area contributed by atoms with E-state index in [0.717, 1.165) is 30.6 Å². The van der Waals surface area contributed by atoms with Gasteiger partial charge in [-0.15, -0.1) is 11.3 Å². The number of aromatic nitrogens is 1. The highest BCUT2D eigenvalue weighted by Crippen LogP contribution is 2.36. The Hall–Kier alpha value is -2.24. The third-order valence-electron chi connectivity index (χ3n) is 4.94. The lowest BCUT2D eigenvalue weighted by atomic mass is 10.0. The Morgan fingerprint density at radius 1 is 1.23 bits per heavy atom. The van der Waals surface area contributed by atoms with Gasteiger partial charge in [-0.2, -0.15) is 0 Å². The number of hydrogen-bond donors (Lipinski definition) is 0. The molecule has 3 aromatic rings. The van der Waals surface area contributed by atoms with Crippen LogP contribution in [0.3, 0.4) is 0 Å². The quantitative estimate of drug-likeness (QED) is 0.622. The predicted molar refractivity (Wildman–Crippen MR) is 104 cm³/mol. The van der Waals surface area contributed by atoms with Crippen molar-refractivity contribution in [1.29, 1.82) is 0 Å². The molecule has 1 aromatic heterocycles. The molecule has 0 amide bonds. The van der Waals surface area contributed by atoms with Gasteiger partial charge in [-0.05, 0) is 49.2 Å². The van der Waals surface area contributed by atoms with Crippen molar-refractivity contribution >= 4 is 27.5 Å². The van der Waals surface area contributed by atoms with Crippen LogP contribution in [0.2, 0.25) is 0 Å². The van der Waals surface area contributed by atoms with Gasteiger partial charge in [-0.25, -0.2) is 9.78 Å². The first kappa shape index (κ1) is 17.2. The van der Waals surface area contributed by atoms with Gasteiger partial charge in [0.05, 0.1) is 28.9 Å². The summed E-state index contributed by atoms with van der Waals surface area (Å²) in [7, 11) is 1.42. The van der Waals surface area contributed by atoms with E-state index in [2.05, 4.69) is 29.2 Å². The van der Waals surface area contributed by atoms with Crippen LogP contribution in [0.5, 0.6) is 0 Å². The van der Waals surface area contributed by atoms with Gasteiger partial charge in [-0.3, -0.25) is 4.90 Å². The molecule has 0 N–H and O–H groups in total. The maximum atomic E-state index is 11.8. The van der Waals surface area contributed by atoms with Crippen LogP contribution in [0.1, 0.15) is 46.2 Å². The minimum Gasteiger partial charge on any atom is -0.465 e. The summed E-state index contributed by atoms with van der Waals surface area (Å²) in [4.78, 5) is 19.2. The molecule has 2 aromatic carbocycles. The number of likely N-dealkylation sites (tertiary alicyclic amines) is 1. The lowest BCUT2D eigenvalue weighted by molar-refractivity contribution is 0.0600. The van der Waals surface area contributed by atoms with Crippen LogP contribution < -0.4 is 0 Å². The number of ether oxygens (including phenoxy) is 1. The molecule has 0 radical (unpaired) electrons. The van der Waals surface area contributed by atoms with E-state index in [1.165, 1.54) is 29.7 Å². The van der Waals surface area contributed by atoms with Gasteiger partial charge in [0.15, 0.2) is 0 Å². The molecule has 134 valence electrons. The van der Waals surface area contributed by atoms with Gasteiger partial charge in [0, 0.05) is 6.54 Å². The zero-order valence-corrected chi connectivity index (χ0v) is 15.7. The molecular formula is C21H22N2O2S. The summed E-state index contributed by atoms with van der Waals surface area (Å²) in [6.45, 7) is 1.88. The topological polar surface area (TPSA) is 42.4 Å². The number of methoxy groups -OCH3 is 1. The van der Waals surface area contributed by atoms with Crippen LogP contribution in [0, 0.1) is 0 Å². The molecule has 0 aliphatic carbocycles. The largest absolute Gasteiger partial charge is 0.465 e.